The Labute approximate surface area is 194 Å². The van der Waals surface area contributed by atoms with E-state index in [9.17, 15) is 9.90 Å². The van der Waals surface area contributed by atoms with E-state index in [-0.39, 0.29) is 6.61 Å². The van der Waals surface area contributed by atoms with E-state index < -0.39 is 15.8 Å². The molecule has 0 aliphatic heterocycles. The van der Waals surface area contributed by atoms with Crippen LogP contribution in [0.1, 0.15) is 5.56 Å². The molecule has 2 aromatic carbocycles. The van der Waals surface area contributed by atoms with E-state index in [1.54, 1.807) is 30.3 Å². The van der Waals surface area contributed by atoms with Crippen molar-refractivity contribution in [2.24, 2.45) is 0 Å². The van der Waals surface area contributed by atoms with Crippen molar-refractivity contribution >= 4 is 69.6 Å². The van der Waals surface area contributed by atoms with Gasteiger partial charge in [-0.3, -0.25) is 4.79 Å². The van der Waals surface area contributed by atoms with Gasteiger partial charge in [0.25, 0.3) is 9.70 Å². The molecule has 29 heavy (non-hydrogen) atoms. The number of rotatable bonds is 9. The van der Waals surface area contributed by atoms with Crippen LogP contribution in [0.25, 0.3) is 0 Å². The van der Waals surface area contributed by atoms with E-state index in [2.05, 4.69) is 10.6 Å². The van der Waals surface area contributed by atoms with E-state index in [1.807, 2.05) is 12.1 Å². The fourth-order valence-electron chi connectivity index (χ4n) is 2.28. The van der Waals surface area contributed by atoms with Gasteiger partial charge in [0.15, 0.2) is 0 Å². The quantitative estimate of drug-likeness (QED) is 0.339. The zero-order valence-electron chi connectivity index (χ0n) is 15.1. The number of carbonyl (C=O) groups excluding carboxylic acids is 1. The van der Waals surface area contributed by atoms with Crippen LogP contribution in [-0.2, 0) is 11.2 Å². The minimum atomic E-state index is -2.04. The van der Waals surface area contributed by atoms with E-state index in [0.29, 0.717) is 34.6 Å². The summed E-state index contributed by atoms with van der Waals surface area (Å²) in [6.45, 7) is 1.16. The third kappa shape index (κ3) is 8.77. The zero-order valence-corrected chi connectivity index (χ0v) is 18.9. The van der Waals surface area contributed by atoms with Gasteiger partial charge >= 0.3 is 0 Å². The molecule has 0 aliphatic rings. The zero-order chi connectivity index (χ0) is 21.4. The minimum absolute atomic E-state index is 0.111. The minimum Gasteiger partial charge on any atom is -0.491 e. The van der Waals surface area contributed by atoms with Crippen LogP contribution in [0.3, 0.4) is 0 Å². The molecular weight excluding hydrogens is 481 g/mol. The average Bonchev–Trinajstić information content (AvgIpc) is 2.66. The summed E-state index contributed by atoms with van der Waals surface area (Å²) in [6.07, 6.45) is 0.0683. The van der Waals surface area contributed by atoms with Crippen LogP contribution in [0.2, 0.25) is 10.0 Å². The number of halogens is 5. The van der Waals surface area contributed by atoms with Gasteiger partial charge in [-0.2, -0.15) is 0 Å². The number of benzene rings is 2. The summed E-state index contributed by atoms with van der Waals surface area (Å²) < 4.78 is 3.49. The third-order valence-electron chi connectivity index (χ3n) is 3.77. The maximum atomic E-state index is 11.6. The van der Waals surface area contributed by atoms with Crippen LogP contribution < -0.4 is 15.4 Å². The van der Waals surface area contributed by atoms with Gasteiger partial charge in [-0.15, -0.1) is 0 Å². The van der Waals surface area contributed by atoms with Gasteiger partial charge in [-0.05, 0) is 54.9 Å². The number of aliphatic hydroxyl groups excluding tert-OH is 1. The molecule has 0 spiro atoms. The molecule has 158 valence electrons. The van der Waals surface area contributed by atoms with Crippen molar-refractivity contribution < 1.29 is 14.6 Å². The summed E-state index contributed by atoms with van der Waals surface area (Å²) >= 11 is 28.4. The second kappa shape index (κ2) is 11.5. The number of ether oxygens (including phenoxy) is 1. The number of amides is 1. The Balaban J connectivity index is 1.67. The normalized spacial score (nSPS) is 12.5. The summed E-state index contributed by atoms with van der Waals surface area (Å²) in [4.78, 5) is 11.6. The van der Waals surface area contributed by atoms with Gasteiger partial charge in [-0.25, -0.2) is 0 Å². The highest BCUT2D eigenvalue weighted by Crippen LogP contribution is 2.28. The number of anilines is 1. The summed E-state index contributed by atoms with van der Waals surface area (Å²) in [7, 11) is 0. The molecule has 0 unspecified atom stereocenters. The van der Waals surface area contributed by atoms with Crippen LogP contribution in [-0.4, -0.2) is 40.6 Å². The Hall–Kier alpha value is -0.920. The molecule has 0 saturated carbocycles. The molecule has 1 amide bonds. The fourth-order valence-corrected chi connectivity index (χ4v) is 2.75. The van der Waals surface area contributed by atoms with Crippen LogP contribution in [0.15, 0.2) is 42.5 Å². The third-order valence-corrected chi connectivity index (χ3v) is 5.02. The van der Waals surface area contributed by atoms with Crippen molar-refractivity contribution in [3.63, 3.8) is 0 Å². The van der Waals surface area contributed by atoms with E-state index in [0.717, 1.165) is 12.0 Å². The summed E-state index contributed by atoms with van der Waals surface area (Å²) in [5.74, 6) is -0.217. The van der Waals surface area contributed by atoms with Crippen molar-refractivity contribution in [3.8, 4) is 5.75 Å². The summed E-state index contributed by atoms with van der Waals surface area (Å²) in [6, 6.07) is 12.0. The van der Waals surface area contributed by atoms with Crippen LogP contribution in [0.5, 0.6) is 5.75 Å². The molecule has 2 rings (SSSR count). The van der Waals surface area contributed by atoms with Crippen molar-refractivity contribution in [2.45, 2.75) is 16.3 Å². The Morgan fingerprint density at radius 2 is 1.76 bits per heavy atom. The molecule has 0 heterocycles. The first-order valence-electron chi connectivity index (χ1n) is 8.59. The lowest BCUT2D eigenvalue weighted by Gasteiger charge is -2.14. The van der Waals surface area contributed by atoms with Crippen LogP contribution in [0, 0.1) is 0 Å². The van der Waals surface area contributed by atoms with Crippen LogP contribution in [0.4, 0.5) is 5.69 Å². The van der Waals surface area contributed by atoms with Gasteiger partial charge in [0.1, 0.15) is 18.5 Å². The number of alkyl halides is 3. The molecule has 2 aromatic rings. The molecule has 5 nitrogen and oxygen atoms in total. The lowest BCUT2D eigenvalue weighted by atomic mass is 10.1. The second-order valence-corrected chi connectivity index (χ2v) is 9.24. The first kappa shape index (κ1) is 24.4. The van der Waals surface area contributed by atoms with E-state index in [1.165, 1.54) is 0 Å². The predicted molar refractivity (Wildman–Crippen MR) is 120 cm³/mol. The largest absolute Gasteiger partial charge is 0.491 e. The van der Waals surface area contributed by atoms with Crippen molar-refractivity contribution in [1.29, 1.82) is 0 Å². The Bertz CT molecular complexity index is 812. The molecule has 0 radical (unpaired) electrons. The molecular formula is C19H19Cl5N2O3. The van der Waals surface area contributed by atoms with Gasteiger partial charge in [0.05, 0.1) is 10.0 Å². The lowest BCUT2D eigenvalue weighted by molar-refractivity contribution is -0.115. The Morgan fingerprint density at radius 3 is 2.38 bits per heavy atom. The molecule has 0 fully saturated rings. The lowest BCUT2D eigenvalue weighted by Crippen LogP contribution is -2.32. The second-order valence-electron chi connectivity index (χ2n) is 6.14. The van der Waals surface area contributed by atoms with Crippen molar-refractivity contribution in [2.75, 3.05) is 25.0 Å². The van der Waals surface area contributed by atoms with Crippen LogP contribution >= 0.6 is 58.0 Å². The van der Waals surface area contributed by atoms with Gasteiger partial charge in [0.2, 0.25) is 0 Å². The molecule has 10 heteroatoms. The Kier molecular flexibility index (Phi) is 9.63. The monoisotopic (exact) mass is 498 g/mol. The van der Waals surface area contributed by atoms with Gasteiger partial charge < -0.3 is 20.5 Å². The van der Waals surface area contributed by atoms with E-state index in [4.69, 9.17) is 62.7 Å². The highest BCUT2D eigenvalue weighted by Gasteiger charge is 2.30. The van der Waals surface area contributed by atoms with Crippen molar-refractivity contribution in [3.05, 3.63) is 58.1 Å². The standard InChI is InChI=1S/C19H19Cl5N2O3/c20-16-6-1-12(9-17(16)21)7-8-25-10-14(27)11-29-15-4-2-13(3-5-15)26-18(28)19(22,23)24/h1-6,9,14,25,27H,7-8,10-11H2,(H,26,28)/t14-/m0/s1. The highest BCUT2D eigenvalue weighted by atomic mass is 35.6. The first-order chi connectivity index (χ1) is 13.6. The van der Waals surface area contributed by atoms with Crippen molar-refractivity contribution in [1.82, 2.24) is 5.32 Å². The molecule has 0 aliphatic carbocycles. The fraction of sp³-hybridized carbons (Fsp3) is 0.316. The predicted octanol–water partition coefficient (Wildman–Crippen LogP) is 4.87. The molecule has 0 bridgehead atoms. The Morgan fingerprint density at radius 1 is 1.07 bits per heavy atom. The summed E-state index contributed by atoms with van der Waals surface area (Å²) in [5.41, 5.74) is 1.51. The van der Waals surface area contributed by atoms with Gasteiger partial charge in [-0.1, -0.05) is 64.1 Å². The SMILES string of the molecule is O=C(Nc1ccc(OC[C@@H](O)CNCCc2ccc(Cl)c(Cl)c2)cc1)C(Cl)(Cl)Cl. The average molecular weight is 501 g/mol. The molecule has 3 N–H and O–H groups in total. The molecule has 0 saturated heterocycles. The number of carbonyl (C=O) groups is 1. The van der Waals surface area contributed by atoms with E-state index >= 15 is 0 Å². The van der Waals surface area contributed by atoms with Gasteiger partial charge in [0, 0.05) is 12.2 Å². The number of hydrogen-bond donors (Lipinski definition) is 3. The maximum Gasteiger partial charge on any atom is 0.276 e. The number of nitrogens with one attached hydrogen (secondary N) is 2. The smallest absolute Gasteiger partial charge is 0.276 e. The maximum absolute atomic E-state index is 11.6. The number of aliphatic hydroxyl groups is 1. The highest BCUT2D eigenvalue weighted by molar-refractivity contribution is 6.76. The molecule has 0 aromatic heterocycles. The summed E-state index contributed by atoms with van der Waals surface area (Å²) in [5, 5.41) is 16.7. The first-order valence-corrected chi connectivity index (χ1v) is 10.5. The number of hydrogen-bond acceptors (Lipinski definition) is 4. The topological polar surface area (TPSA) is 70.6 Å². The molecule has 1 atom stereocenters.